The molecule has 1 saturated carbocycles. The predicted molar refractivity (Wildman–Crippen MR) is 163 cm³/mol. The van der Waals surface area contributed by atoms with Gasteiger partial charge in [0.05, 0.1) is 13.2 Å². The van der Waals surface area contributed by atoms with E-state index in [1.54, 1.807) is 37.8 Å². The molecule has 0 radical (unpaired) electrons. The lowest BCUT2D eigenvalue weighted by Gasteiger charge is -2.37. The molecule has 1 aromatic rings. The minimum absolute atomic E-state index is 0.0153. The van der Waals surface area contributed by atoms with E-state index < -0.39 is 39.7 Å². The molecular formula is C32H50F2N2O7S. The lowest BCUT2D eigenvalue weighted by molar-refractivity contribution is -0.147. The maximum absolute atomic E-state index is 13.8. The molecule has 0 spiro atoms. The Labute approximate surface area is 261 Å². The van der Waals surface area contributed by atoms with Gasteiger partial charge in [0, 0.05) is 32.0 Å². The van der Waals surface area contributed by atoms with Crippen molar-refractivity contribution in [2.75, 3.05) is 26.3 Å². The first-order valence-corrected chi connectivity index (χ1v) is 17.4. The number of alkyl halides is 2. The van der Waals surface area contributed by atoms with Gasteiger partial charge in [-0.05, 0) is 96.8 Å². The van der Waals surface area contributed by atoms with Crippen LogP contribution in [0.1, 0.15) is 104 Å². The Morgan fingerprint density at radius 1 is 1.05 bits per heavy atom. The highest BCUT2D eigenvalue weighted by molar-refractivity contribution is 7.89. The second kappa shape index (κ2) is 15.7. The van der Waals surface area contributed by atoms with Crippen LogP contribution in [0.25, 0.3) is 0 Å². The highest BCUT2D eigenvalue weighted by Crippen LogP contribution is 2.36. The van der Waals surface area contributed by atoms with Crippen LogP contribution in [0.15, 0.2) is 23.1 Å². The summed E-state index contributed by atoms with van der Waals surface area (Å²) >= 11 is 0. The Bertz CT molecular complexity index is 1210. The summed E-state index contributed by atoms with van der Waals surface area (Å²) in [6.07, 6.45) is 3.93. The van der Waals surface area contributed by atoms with Gasteiger partial charge in [0.2, 0.25) is 15.9 Å². The van der Waals surface area contributed by atoms with Crippen LogP contribution < -0.4 is 4.74 Å². The summed E-state index contributed by atoms with van der Waals surface area (Å²) in [7, 11) is -4.02. The Kier molecular flexibility index (Phi) is 12.8. The van der Waals surface area contributed by atoms with Gasteiger partial charge in [-0.3, -0.25) is 4.79 Å². The van der Waals surface area contributed by atoms with Crippen molar-refractivity contribution in [2.45, 2.75) is 134 Å². The molecule has 9 nitrogen and oxygen atoms in total. The van der Waals surface area contributed by atoms with E-state index in [4.69, 9.17) is 14.2 Å². The number of sulfonamides is 1. The zero-order chi connectivity index (χ0) is 32.5. The van der Waals surface area contributed by atoms with Crippen molar-refractivity contribution in [3.63, 3.8) is 0 Å². The molecule has 0 unspecified atom stereocenters. The molecule has 0 N–H and O–H groups in total. The SMILES string of the molecule is CCCCOC(=O)[C@@H]1CCCN1S(=O)(=O)c1ccc(C)cc1OCCCCCN(C(=O)OC(C)(C)C)C1CCC(F)(F)CC1. The molecular weight excluding hydrogens is 594 g/mol. The van der Waals surface area contributed by atoms with E-state index in [9.17, 15) is 26.8 Å². The quantitative estimate of drug-likeness (QED) is 0.161. The zero-order valence-corrected chi connectivity index (χ0v) is 27.7. The lowest BCUT2D eigenvalue weighted by Crippen LogP contribution is -2.46. The average molecular weight is 645 g/mol. The zero-order valence-electron chi connectivity index (χ0n) is 26.9. The number of unbranched alkanes of at least 4 members (excludes halogenated alkanes) is 3. The largest absolute Gasteiger partial charge is 0.492 e. The number of nitrogens with zero attached hydrogens (tertiary/aromatic N) is 2. The molecule has 2 fully saturated rings. The van der Waals surface area contributed by atoms with E-state index >= 15 is 0 Å². The maximum atomic E-state index is 13.8. The monoisotopic (exact) mass is 644 g/mol. The minimum atomic E-state index is -4.02. The molecule has 1 aromatic carbocycles. The maximum Gasteiger partial charge on any atom is 0.410 e. The van der Waals surface area contributed by atoms with Crippen LogP contribution in [0.2, 0.25) is 0 Å². The molecule has 1 amide bonds. The molecule has 1 saturated heterocycles. The number of aryl methyl sites for hydroxylation is 1. The Morgan fingerprint density at radius 3 is 2.41 bits per heavy atom. The second-order valence-electron chi connectivity index (χ2n) is 12.9. The molecule has 0 bridgehead atoms. The average Bonchev–Trinajstić information content (AvgIpc) is 3.43. The summed E-state index contributed by atoms with van der Waals surface area (Å²) < 4.78 is 73.1. The molecule has 0 aromatic heterocycles. The van der Waals surface area contributed by atoms with Crippen molar-refractivity contribution in [1.82, 2.24) is 9.21 Å². The highest BCUT2D eigenvalue weighted by Gasteiger charge is 2.42. The van der Waals surface area contributed by atoms with E-state index in [2.05, 4.69) is 0 Å². The molecule has 1 heterocycles. The Balaban J connectivity index is 1.59. The van der Waals surface area contributed by atoms with Crippen molar-refractivity contribution in [3.8, 4) is 5.75 Å². The Morgan fingerprint density at radius 2 is 1.75 bits per heavy atom. The van der Waals surface area contributed by atoms with Gasteiger partial charge in [-0.1, -0.05) is 19.4 Å². The van der Waals surface area contributed by atoms with Gasteiger partial charge in [0.15, 0.2) is 0 Å². The number of benzene rings is 1. The minimum Gasteiger partial charge on any atom is -0.492 e. The van der Waals surface area contributed by atoms with E-state index in [1.807, 2.05) is 13.8 Å². The number of hydrogen-bond donors (Lipinski definition) is 0. The summed E-state index contributed by atoms with van der Waals surface area (Å²) in [6.45, 7) is 10.3. The van der Waals surface area contributed by atoms with E-state index in [-0.39, 0.29) is 62.1 Å². The summed E-state index contributed by atoms with van der Waals surface area (Å²) in [5.74, 6) is -2.98. The molecule has 250 valence electrons. The lowest BCUT2D eigenvalue weighted by atomic mass is 9.91. The predicted octanol–water partition coefficient (Wildman–Crippen LogP) is 6.86. The summed E-state index contributed by atoms with van der Waals surface area (Å²) in [6, 6.07) is 3.76. The fourth-order valence-electron chi connectivity index (χ4n) is 5.57. The third-order valence-corrected chi connectivity index (χ3v) is 9.91. The van der Waals surface area contributed by atoms with E-state index in [0.29, 0.717) is 38.6 Å². The number of rotatable bonds is 14. The highest BCUT2D eigenvalue weighted by atomic mass is 32.2. The standard InChI is InChI=1S/C32H50F2N2O7S/c1-6-7-21-42-29(37)26-12-11-20-36(26)44(39,40)28-14-13-24(2)23-27(28)41-22-10-8-9-19-35(30(38)43-31(3,4)5)25-15-17-32(33,34)18-16-25/h13-14,23,25-26H,6-12,15-22H2,1-5H3/t26-/m0/s1. The van der Waals surface area contributed by atoms with Gasteiger partial charge in [-0.15, -0.1) is 0 Å². The van der Waals surface area contributed by atoms with Crippen LogP contribution in [0, 0.1) is 6.92 Å². The summed E-state index contributed by atoms with van der Waals surface area (Å²) in [4.78, 5) is 27.2. The molecule has 1 atom stereocenters. The fourth-order valence-corrected chi connectivity index (χ4v) is 7.33. The molecule has 1 aliphatic carbocycles. The second-order valence-corrected chi connectivity index (χ2v) is 14.8. The number of esters is 1. The van der Waals surface area contributed by atoms with Crippen molar-refractivity contribution >= 4 is 22.1 Å². The summed E-state index contributed by atoms with van der Waals surface area (Å²) in [5.41, 5.74) is 0.139. The number of halogens is 2. The van der Waals surface area contributed by atoms with Crippen molar-refractivity contribution in [3.05, 3.63) is 23.8 Å². The van der Waals surface area contributed by atoms with Crippen molar-refractivity contribution in [1.29, 1.82) is 0 Å². The normalized spacial score (nSPS) is 19.5. The number of ether oxygens (including phenoxy) is 3. The molecule has 3 rings (SSSR count). The van der Waals surface area contributed by atoms with Crippen LogP contribution in [-0.4, -0.2) is 79.6 Å². The Hall–Kier alpha value is -2.47. The van der Waals surface area contributed by atoms with E-state index in [0.717, 1.165) is 18.4 Å². The summed E-state index contributed by atoms with van der Waals surface area (Å²) in [5, 5.41) is 0. The number of carbonyl (C=O) groups is 2. The van der Waals surface area contributed by atoms with Gasteiger partial charge >= 0.3 is 12.1 Å². The topological polar surface area (TPSA) is 102 Å². The van der Waals surface area contributed by atoms with E-state index in [1.165, 1.54) is 10.4 Å². The molecule has 44 heavy (non-hydrogen) atoms. The third kappa shape index (κ3) is 10.3. The van der Waals surface area contributed by atoms with Gasteiger partial charge in [-0.2, -0.15) is 4.31 Å². The van der Waals surface area contributed by atoms with Gasteiger partial charge in [-0.25, -0.2) is 22.0 Å². The molecule has 12 heteroatoms. The van der Waals surface area contributed by atoms with Gasteiger partial charge in [0.25, 0.3) is 0 Å². The van der Waals surface area contributed by atoms with Crippen LogP contribution in [0.5, 0.6) is 5.75 Å². The molecule has 2 aliphatic rings. The van der Waals surface area contributed by atoms with Crippen molar-refractivity contribution < 1.29 is 41.0 Å². The van der Waals surface area contributed by atoms with Gasteiger partial charge in [0.1, 0.15) is 22.3 Å². The third-order valence-electron chi connectivity index (χ3n) is 7.96. The van der Waals surface area contributed by atoms with Crippen LogP contribution in [0.4, 0.5) is 13.6 Å². The van der Waals surface area contributed by atoms with Crippen molar-refractivity contribution in [2.24, 2.45) is 0 Å². The first-order valence-electron chi connectivity index (χ1n) is 15.9. The first kappa shape index (κ1) is 36.0. The van der Waals surface area contributed by atoms with Crippen LogP contribution in [-0.2, 0) is 24.3 Å². The number of amides is 1. The molecule has 1 aliphatic heterocycles. The smallest absolute Gasteiger partial charge is 0.410 e. The fraction of sp³-hybridized carbons (Fsp3) is 0.750. The van der Waals surface area contributed by atoms with Crippen LogP contribution in [0.3, 0.4) is 0 Å². The first-order chi connectivity index (χ1) is 20.6. The number of carbonyl (C=O) groups excluding carboxylic acids is 2. The van der Waals surface area contributed by atoms with Gasteiger partial charge < -0.3 is 19.1 Å². The van der Waals surface area contributed by atoms with Crippen LogP contribution >= 0.6 is 0 Å². The number of hydrogen-bond acceptors (Lipinski definition) is 7.